The number of aromatic nitrogens is 2. The highest BCUT2D eigenvalue weighted by Crippen LogP contribution is 2.33. The van der Waals surface area contributed by atoms with Gasteiger partial charge in [0.15, 0.2) is 5.88 Å². The average molecular weight is 348 g/mol. The van der Waals surface area contributed by atoms with Gasteiger partial charge in [-0.3, -0.25) is 4.57 Å². The molecule has 0 atom stereocenters. The van der Waals surface area contributed by atoms with Crippen LogP contribution in [0.4, 0.5) is 0 Å². The summed E-state index contributed by atoms with van der Waals surface area (Å²) in [4.78, 5) is 14.2. The predicted octanol–water partition coefficient (Wildman–Crippen LogP) is 3.66. The van der Waals surface area contributed by atoms with Crippen LogP contribution in [0.1, 0.15) is 21.6 Å². The van der Waals surface area contributed by atoms with Crippen LogP contribution in [0.25, 0.3) is 16.6 Å². The van der Waals surface area contributed by atoms with Gasteiger partial charge in [-0.15, -0.1) is 0 Å². The molecular weight excluding hydrogens is 332 g/mol. The van der Waals surface area contributed by atoms with Crippen LogP contribution < -0.4 is 0 Å². The van der Waals surface area contributed by atoms with Gasteiger partial charge in [0.05, 0.1) is 11.3 Å². The SMILES string of the molecule is O=C(O)c1ccc(-n2c(O)cc(Cc3cc4ccccc4[nH]3)c2O)cc1. The van der Waals surface area contributed by atoms with E-state index in [1.54, 1.807) is 0 Å². The summed E-state index contributed by atoms with van der Waals surface area (Å²) in [5.74, 6) is -1.22. The number of nitrogens with zero attached hydrogens (tertiary/aromatic N) is 1. The zero-order chi connectivity index (χ0) is 18.3. The molecule has 0 saturated carbocycles. The van der Waals surface area contributed by atoms with Crippen LogP contribution in [0.15, 0.2) is 60.7 Å². The van der Waals surface area contributed by atoms with E-state index in [-0.39, 0.29) is 17.3 Å². The van der Waals surface area contributed by atoms with E-state index in [1.807, 2.05) is 30.3 Å². The number of nitrogens with one attached hydrogen (secondary N) is 1. The molecule has 0 spiro atoms. The lowest BCUT2D eigenvalue weighted by Crippen LogP contribution is -1.98. The van der Waals surface area contributed by atoms with Crippen molar-refractivity contribution in [2.45, 2.75) is 6.42 Å². The number of carboxylic acid groups (broad SMARTS) is 1. The number of carbonyl (C=O) groups is 1. The van der Waals surface area contributed by atoms with Gasteiger partial charge in [-0.05, 0) is 41.8 Å². The molecule has 0 fully saturated rings. The summed E-state index contributed by atoms with van der Waals surface area (Å²) < 4.78 is 1.28. The van der Waals surface area contributed by atoms with E-state index in [0.29, 0.717) is 17.7 Å². The Balaban J connectivity index is 1.68. The van der Waals surface area contributed by atoms with E-state index in [0.717, 1.165) is 16.6 Å². The Hall–Kier alpha value is -3.67. The molecule has 6 heteroatoms. The maximum atomic E-state index is 11.0. The van der Waals surface area contributed by atoms with Crippen molar-refractivity contribution in [1.29, 1.82) is 0 Å². The molecule has 130 valence electrons. The van der Waals surface area contributed by atoms with Crippen LogP contribution in [-0.2, 0) is 6.42 Å². The summed E-state index contributed by atoms with van der Waals surface area (Å²) >= 11 is 0. The van der Waals surface area contributed by atoms with Crippen LogP contribution in [-0.4, -0.2) is 30.8 Å². The number of rotatable bonds is 4. The molecule has 0 amide bonds. The number of benzene rings is 2. The number of fused-ring (bicyclic) bond motifs is 1. The first-order chi connectivity index (χ1) is 12.5. The van der Waals surface area contributed by atoms with E-state index in [9.17, 15) is 15.0 Å². The standard InChI is InChI=1S/C20H16N2O4/c23-18-11-14(10-15-9-13-3-1-2-4-17(13)21-15)19(24)22(18)16-7-5-12(6-8-16)20(25)26/h1-9,11,21,23-24H,10H2,(H,25,26). The Morgan fingerprint density at radius 1 is 1.00 bits per heavy atom. The topological polar surface area (TPSA) is 98.5 Å². The van der Waals surface area contributed by atoms with Gasteiger partial charge in [0.1, 0.15) is 0 Å². The molecule has 0 radical (unpaired) electrons. The number of para-hydroxylation sites is 1. The van der Waals surface area contributed by atoms with Gasteiger partial charge in [0, 0.05) is 29.3 Å². The summed E-state index contributed by atoms with van der Waals surface area (Å²) in [6.07, 6.45) is 0.425. The van der Waals surface area contributed by atoms with E-state index < -0.39 is 5.97 Å². The van der Waals surface area contributed by atoms with Crippen molar-refractivity contribution >= 4 is 16.9 Å². The molecule has 4 rings (SSSR count). The number of aromatic carboxylic acids is 1. The molecule has 2 aromatic carbocycles. The Morgan fingerprint density at radius 3 is 2.42 bits per heavy atom. The van der Waals surface area contributed by atoms with Gasteiger partial charge in [-0.1, -0.05) is 18.2 Å². The van der Waals surface area contributed by atoms with Gasteiger partial charge < -0.3 is 20.3 Å². The summed E-state index contributed by atoms with van der Waals surface area (Å²) in [6, 6.07) is 17.3. The first-order valence-electron chi connectivity index (χ1n) is 8.06. The highest BCUT2D eigenvalue weighted by Gasteiger charge is 2.17. The Bertz CT molecular complexity index is 1070. The zero-order valence-electron chi connectivity index (χ0n) is 13.7. The third-order valence-corrected chi connectivity index (χ3v) is 4.37. The summed E-state index contributed by atoms with van der Waals surface area (Å²) in [5, 5.41) is 30.8. The van der Waals surface area contributed by atoms with Crippen molar-refractivity contribution in [3.8, 4) is 17.4 Å². The summed E-state index contributed by atoms with van der Waals surface area (Å²) in [6.45, 7) is 0. The molecule has 26 heavy (non-hydrogen) atoms. The van der Waals surface area contributed by atoms with E-state index >= 15 is 0 Å². The number of hydrogen-bond donors (Lipinski definition) is 4. The van der Waals surface area contributed by atoms with Gasteiger partial charge in [0.2, 0.25) is 5.88 Å². The molecule has 0 unspecified atom stereocenters. The van der Waals surface area contributed by atoms with Crippen molar-refractivity contribution in [3.63, 3.8) is 0 Å². The number of hydrogen-bond acceptors (Lipinski definition) is 3. The highest BCUT2D eigenvalue weighted by molar-refractivity contribution is 5.87. The van der Waals surface area contributed by atoms with Crippen LogP contribution in [0.5, 0.6) is 11.8 Å². The highest BCUT2D eigenvalue weighted by atomic mass is 16.4. The minimum absolute atomic E-state index is 0.0794. The third kappa shape index (κ3) is 2.67. The van der Waals surface area contributed by atoms with Crippen LogP contribution >= 0.6 is 0 Å². The first kappa shape index (κ1) is 15.8. The van der Waals surface area contributed by atoms with Gasteiger partial charge >= 0.3 is 5.97 Å². The Morgan fingerprint density at radius 2 is 1.73 bits per heavy atom. The molecule has 2 aromatic heterocycles. The fourth-order valence-electron chi connectivity index (χ4n) is 3.11. The van der Waals surface area contributed by atoms with Gasteiger partial charge in [-0.25, -0.2) is 4.79 Å². The van der Waals surface area contributed by atoms with Crippen LogP contribution in [0.3, 0.4) is 0 Å². The fraction of sp³-hybridized carbons (Fsp3) is 0.0500. The predicted molar refractivity (Wildman–Crippen MR) is 97.2 cm³/mol. The molecule has 0 aliphatic heterocycles. The smallest absolute Gasteiger partial charge is 0.335 e. The monoisotopic (exact) mass is 348 g/mol. The van der Waals surface area contributed by atoms with Crippen molar-refractivity contribution in [2.24, 2.45) is 0 Å². The minimum atomic E-state index is -1.03. The number of aromatic amines is 1. The lowest BCUT2D eigenvalue weighted by Gasteiger charge is -2.07. The second-order valence-electron chi connectivity index (χ2n) is 6.10. The number of carboxylic acids is 1. The molecule has 6 nitrogen and oxygen atoms in total. The van der Waals surface area contributed by atoms with Crippen molar-refractivity contribution in [2.75, 3.05) is 0 Å². The maximum Gasteiger partial charge on any atom is 0.335 e. The largest absolute Gasteiger partial charge is 0.494 e. The van der Waals surface area contributed by atoms with E-state index in [2.05, 4.69) is 4.98 Å². The minimum Gasteiger partial charge on any atom is -0.494 e. The molecule has 0 aliphatic carbocycles. The molecule has 4 aromatic rings. The molecule has 0 aliphatic rings. The summed E-state index contributed by atoms with van der Waals surface area (Å²) in [5.41, 5.74) is 3.11. The quantitative estimate of drug-likeness (QED) is 0.452. The van der Waals surface area contributed by atoms with E-state index in [4.69, 9.17) is 5.11 Å². The van der Waals surface area contributed by atoms with Crippen molar-refractivity contribution in [3.05, 3.63) is 77.5 Å². The van der Waals surface area contributed by atoms with Crippen LogP contribution in [0, 0.1) is 0 Å². The average Bonchev–Trinajstić information content (AvgIpc) is 3.15. The zero-order valence-corrected chi connectivity index (χ0v) is 13.7. The van der Waals surface area contributed by atoms with Gasteiger partial charge in [0.25, 0.3) is 0 Å². The Kier molecular flexibility index (Phi) is 3.65. The van der Waals surface area contributed by atoms with E-state index in [1.165, 1.54) is 34.9 Å². The molecule has 2 heterocycles. The Labute approximate surface area is 148 Å². The lowest BCUT2D eigenvalue weighted by molar-refractivity contribution is 0.0697. The molecular formula is C20H16N2O4. The third-order valence-electron chi connectivity index (χ3n) is 4.37. The number of aromatic hydroxyl groups is 2. The maximum absolute atomic E-state index is 11.0. The molecule has 0 bridgehead atoms. The lowest BCUT2D eigenvalue weighted by atomic mass is 10.1. The second kappa shape index (κ2) is 6.00. The van der Waals surface area contributed by atoms with Crippen LogP contribution in [0.2, 0.25) is 0 Å². The van der Waals surface area contributed by atoms with Gasteiger partial charge in [-0.2, -0.15) is 0 Å². The van der Waals surface area contributed by atoms with Crippen molar-refractivity contribution in [1.82, 2.24) is 9.55 Å². The molecule has 4 N–H and O–H groups in total. The second-order valence-corrected chi connectivity index (χ2v) is 6.10. The number of H-pyrrole nitrogens is 1. The first-order valence-corrected chi connectivity index (χ1v) is 8.06. The normalized spacial score (nSPS) is 11.1. The summed E-state index contributed by atoms with van der Waals surface area (Å²) in [7, 11) is 0. The fourth-order valence-corrected chi connectivity index (χ4v) is 3.11. The molecule has 0 saturated heterocycles. The van der Waals surface area contributed by atoms with Crippen molar-refractivity contribution < 1.29 is 20.1 Å².